The van der Waals surface area contributed by atoms with E-state index in [2.05, 4.69) is 20.5 Å². The number of para-hydroxylation sites is 1. The highest BCUT2D eigenvalue weighted by atomic mass is 16.3. The van der Waals surface area contributed by atoms with Crippen LogP contribution in [0.4, 0.5) is 0 Å². The van der Waals surface area contributed by atoms with Crippen molar-refractivity contribution in [3.8, 4) is 5.69 Å². The maximum absolute atomic E-state index is 10.4. The molecule has 0 saturated heterocycles. The fraction of sp³-hybridized carbons (Fsp3) is 0.0769. The zero-order chi connectivity index (χ0) is 13.1. The van der Waals surface area contributed by atoms with E-state index in [0.717, 1.165) is 5.69 Å². The van der Waals surface area contributed by atoms with E-state index in [0.29, 0.717) is 11.3 Å². The van der Waals surface area contributed by atoms with E-state index in [-0.39, 0.29) is 0 Å². The lowest BCUT2D eigenvalue weighted by atomic mass is 10.1. The van der Waals surface area contributed by atoms with Crippen LogP contribution in [0.15, 0.2) is 55.0 Å². The Morgan fingerprint density at radius 1 is 0.947 bits per heavy atom. The van der Waals surface area contributed by atoms with Gasteiger partial charge in [0.1, 0.15) is 6.10 Å². The molecule has 3 rings (SSSR count). The van der Waals surface area contributed by atoms with Crippen molar-refractivity contribution in [2.45, 2.75) is 6.10 Å². The molecule has 0 bridgehead atoms. The Balaban J connectivity index is 2.01. The normalized spacial score (nSPS) is 12.3. The van der Waals surface area contributed by atoms with Gasteiger partial charge in [-0.3, -0.25) is 0 Å². The van der Waals surface area contributed by atoms with Gasteiger partial charge in [0.15, 0.2) is 0 Å². The van der Waals surface area contributed by atoms with Crippen molar-refractivity contribution in [2.24, 2.45) is 0 Å². The average Bonchev–Trinajstić information content (AvgIpc) is 2.98. The van der Waals surface area contributed by atoms with Crippen molar-refractivity contribution >= 4 is 0 Å². The van der Waals surface area contributed by atoms with Crippen molar-refractivity contribution in [1.29, 1.82) is 0 Å². The summed E-state index contributed by atoms with van der Waals surface area (Å²) in [4.78, 5) is 0. The Labute approximate surface area is 109 Å². The minimum absolute atomic E-state index is 0.583. The molecule has 0 aliphatic heterocycles. The highest BCUT2D eigenvalue weighted by Gasteiger charge is 2.17. The van der Waals surface area contributed by atoms with Crippen LogP contribution in [-0.2, 0) is 0 Å². The molecule has 0 spiro atoms. The predicted molar refractivity (Wildman–Crippen MR) is 67.5 cm³/mol. The number of rotatable bonds is 3. The van der Waals surface area contributed by atoms with Crippen molar-refractivity contribution in [1.82, 2.24) is 25.2 Å². The first-order valence-corrected chi connectivity index (χ1v) is 5.77. The summed E-state index contributed by atoms with van der Waals surface area (Å²) in [7, 11) is 0. The van der Waals surface area contributed by atoms with Crippen molar-refractivity contribution in [3.63, 3.8) is 0 Å². The van der Waals surface area contributed by atoms with Crippen LogP contribution in [-0.4, -0.2) is 30.3 Å². The van der Waals surface area contributed by atoms with Crippen molar-refractivity contribution in [3.05, 3.63) is 66.2 Å². The van der Waals surface area contributed by atoms with Gasteiger partial charge in [0.2, 0.25) is 0 Å². The molecule has 19 heavy (non-hydrogen) atoms. The van der Waals surface area contributed by atoms with E-state index in [9.17, 15) is 5.11 Å². The molecule has 6 heteroatoms. The van der Waals surface area contributed by atoms with Gasteiger partial charge in [-0.2, -0.15) is 10.2 Å². The van der Waals surface area contributed by atoms with Gasteiger partial charge in [-0.15, -0.1) is 5.10 Å². The molecule has 0 aliphatic carbocycles. The Bertz CT molecular complexity index is 653. The largest absolute Gasteiger partial charge is 0.382 e. The molecule has 0 saturated carbocycles. The first-order chi connectivity index (χ1) is 9.36. The van der Waals surface area contributed by atoms with Gasteiger partial charge < -0.3 is 5.11 Å². The molecule has 1 N–H and O–H groups in total. The summed E-state index contributed by atoms with van der Waals surface area (Å²) >= 11 is 0. The van der Waals surface area contributed by atoms with Crippen molar-refractivity contribution in [2.75, 3.05) is 0 Å². The van der Waals surface area contributed by atoms with Gasteiger partial charge in [0.05, 0.1) is 23.8 Å². The van der Waals surface area contributed by atoms with E-state index in [4.69, 9.17) is 0 Å². The molecular formula is C13H11N5O. The van der Waals surface area contributed by atoms with Gasteiger partial charge in [-0.1, -0.05) is 23.4 Å². The van der Waals surface area contributed by atoms with Crippen LogP contribution in [0.2, 0.25) is 0 Å². The number of hydrogen-bond acceptors (Lipinski definition) is 5. The average molecular weight is 253 g/mol. The predicted octanol–water partition coefficient (Wildman–Crippen LogP) is 1.14. The summed E-state index contributed by atoms with van der Waals surface area (Å²) < 4.78 is 1.60. The SMILES string of the molecule is OC(c1ccnnc1)c1cnnn1-c1ccccc1. The zero-order valence-electron chi connectivity index (χ0n) is 9.96. The molecule has 3 aromatic rings. The third-order valence-electron chi connectivity index (χ3n) is 2.78. The van der Waals surface area contributed by atoms with Crippen LogP contribution in [0, 0.1) is 0 Å². The summed E-state index contributed by atoms with van der Waals surface area (Å²) in [5, 5.41) is 25.7. The number of aliphatic hydroxyl groups is 1. The quantitative estimate of drug-likeness (QED) is 0.757. The molecule has 2 heterocycles. The van der Waals surface area contributed by atoms with Gasteiger partial charge in [-0.05, 0) is 18.2 Å². The summed E-state index contributed by atoms with van der Waals surface area (Å²) in [6, 6.07) is 11.2. The highest BCUT2D eigenvalue weighted by Crippen LogP contribution is 2.21. The molecule has 1 atom stereocenters. The number of benzene rings is 1. The second kappa shape index (κ2) is 4.95. The van der Waals surface area contributed by atoms with Crippen molar-refractivity contribution < 1.29 is 5.11 Å². The maximum atomic E-state index is 10.4. The summed E-state index contributed by atoms with van der Waals surface area (Å²) in [6.07, 6.45) is 3.76. The van der Waals surface area contributed by atoms with Crippen LogP contribution in [0.5, 0.6) is 0 Å². The minimum atomic E-state index is -0.842. The number of aliphatic hydroxyl groups excluding tert-OH is 1. The molecule has 94 valence electrons. The summed E-state index contributed by atoms with van der Waals surface area (Å²) in [5.74, 6) is 0. The Morgan fingerprint density at radius 3 is 2.53 bits per heavy atom. The monoisotopic (exact) mass is 253 g/mol. The van der Waals surface area contributed by atoms with E-state index < -0.39 is 6.10 Å². The number of nitrogens with zero attached hydrogens (tertiary/aromatic N) is 5. The topological polar surface area (TPSA) is 76.7 Å². The summed E-state index contributed by atoms with van der Waals surface area (Å²) in [6.45, 7) is 0. The molecule has 0 radical (unpaired) electrons. The van der Waals surface area contributed by atoms with E-state index in [1.807, 2.05) is 30.3 Å². The highest BCUT2D eigenvalue weighted by molar-refractivity contribution is 5.33. The first kappa shape index (κ1) is 11.5. The van der Waals surface area contributed by atoms with Gasteiger partial charge in [-0.25, -0.2) is 4.68 Å². The molecule has 6 nitrogen and oxygen atoms in total. The van der Waals surface area contributed by atoms with E-state index in [1.165, 1.54) is 18.6 Å². The number of aromatic nitrogens is 5. The third-order valence-corrected chi connectivity index (χ3v) is 2.78. The second-order valence-corrected chi connectivity index (χ2v) is 3.98. The molecule has 0 fully saturated rings. The maximum Gasteiger partial charge on any atom is 0.124 e. The molecule has 0 amide bonds. The Hall–Kier alpha value is -2.60. The molecule has 1 unspecified atom stereocenters. The molecule has 0 aliphatic rings. The van der Waals surface area contributed by atoms with Crippen LogP contribution in [0.3, 0.4) is 0 Å². The van der Waals surface area contributed by atoms with Crippen LogP contribution in [0.1, 0.15) is 17.4 Å². The third kappa shape index (κ3) is 2.21. The lowest BCUT2D eigenvalue weighted by Crippen LogP contribution is -2.09. The standard InChI is InChI=1S/C13H11N5O/c19-13(10-6-7-14-15-8-10)12-9-16-17-18(12)11-4-2-1-3-5-11/h1-9,13,19H. The lowest BCUT2D eigenvalue weighted by Gasteiger charge is -2.11. The second-order valence-electron chi connectivity index (χ2n) is 3.98. The molecule has 2 aromatic heterocycles. The number of hydrogen-bond donors (Lipinski definition) is 1. The lowest BCUT2D eigenvalue weighted by molar-refractivity contribution is 0.211. The van der Waals surface area contributed by atoms with Gasteiger partial charge in [0.25, 0.3) is 0 Å². The zero-order valence-corrected chi connectivity index (χ0v) is 9.96. The van der Waals surface area contributed by atoms with Gasteiger partial charge in [0, 0.05) is 11.8 Å². The minimum Gasteiger partial charge on any atom is -0.382 e. The smallest absolute Gasteiger partial charge is 0.124 e. The molecule has 1 aromatic carbocycles. The van der Waals surface area contributed by atoms with Crippen LogP contribution < -0.4 is 0 Å². The Morgan fingerprint density at radius 2 is 1.79 bits per heavy atom. The molecular weight excluding hydrogens is 242 g/mol. The van der Waals surface area contributed by atoms with E-state index >= 15 is 0 Å². The van der Waals surface area contributed by atoms with Crippen LogP contribution in [0.25, 0.3) is 5.69 Å². The van der Waals surface area contributed by atoms with E-state index in [1.54, 1.807) is 10.7 Å². The summed E-state index contributed by atoms with van der Waals surface area (Å²) in [5.41, 5.74) is 2.07. The van der Waals surface area contributed by atoms with Crippen LogP contribution >= 0.6 is 0 Å². The first-order valence-electron chi connectivity index (χ1n) is 5.77. The van der Waals surface area contributed by atoms with Gasteiger partial charge >= 0.3 is 0 Å². The fourth-order valence-electron chi connectivity index (χ4n) is 1.83. The Kier molecular flexibility index (Phi) is 2.99. The fourth-order valence-corrected chi connectivity index (χ4v) is 1.83.